The predicted molar refractivity (Wildman–Crippen MR) is 113 cm³/mol. The summed E-state index contributed by atoms with van der Waals surface area (Å²) < 4.78 is 5.61. The number of rotatable bonds is 4. The van der Waals surface area contributed by atoms with Gasteiger partial charge in [-0.2, -0.15) is 0 Å². The van der Waals surface area contributed by atoms with Crippen LogP contribution in [0.1, 0.15) is 56.4 Å². The van der Waals surface area contributed by atoms with Crippen LogP contribution in [0.15, 0.2) is 42.5 Å². The number of aromatic hydroxyl groups is 1. The lowest BCUT2D eigenvalue weighted by Crippen LogP contribution is -2.55. The highest BCUT2D eigenvalue weighted by molar-refractivity contribution is 6.30. The number of nitrogens with two attached hydrogens (primary N) is 1. The summed E-state index contributed by atoms with van der Waals surface area (Å²) in [6, 6.07) is 12.4. The standard InChI is InChI=1S/C23H28ClNO4/c1-22(2,3)23(13-19(27)15-4-8-16(24)9-5-15)18-12-17(26)10-6-14(18)7-11-20(23)29-21(25)28/h4-6,8-10,12,19-20,26-27H,7,11,13H2,1-3H3,(H2,25,28)/t19-,20+,23?/m1/s1. The number of fused-ring (bicyclic) bond motifs is 1. The lowest BCUT2D eigenvalue weighted by molar-refractivity contribution is -0.0427. The summed E-state index contributed by atoms with van der Waals surface area (Å²) in [6.45, 7) is 6.16. The van der Waals surface area contributed by atoms with E-state index in [4.69, 9.17) is 22.1 Å². The minimum Gasteiger partial charge on any atom is -0.508 e. The molecule has 1 unspecified atom stereocenters. The summed E-state index contributed by atoms with van der Waals surface area (Å²) in [7, 11) is 0. The highest BCUT2D eigenvalue weighted by atomic mass is 35.5. The number of phenolic OH excluding ortho intramolecular Hbond substituents is 1. The molecule has 1 aliphatic rings. The molecule has 0 heterocycles. The van der Waals surface area contributed by atoms with E-state index < -0.39 is 29.1 Å². The zero-order chi connectivity index (χ0) is 21.4. The Hall–Kier alpha value is -2.24. The minimum absolute atomic E-state index is 0.137. The van der Waals surface area contributed by atoms with Crippen LogP contribution in [-0.2, 0) is 16.6 Å². The second-order valence-corrected chi connectivity index (χ2v) is 9.23. The molecule has 2 aromatic rings. The molecule has 3 atom stereocenters. The van der Waals surface area contributed by atoms with Crippen LogP contribution in [0.3, 0.4) is 0 Å². The molecule has 0 radical (unpaired) electrons. The van der Waals surface area contributed by atoms with Crippen molar-refractivity contribution in [2.45, 2.75) is 57.7 Å². The molecule has 0 spiro atoms. The van der Waals surface area contributed by atoms with Crippen molar-refractivity contribution in [2.24, 2.45) is 11.1 Å². The van der Waals surface area contributed by atoms with Crippen molar-refractivity contribution in [3.63, 3.8) is 0 Å². The van der Waals surface area contributed by atoms with Crippen LogP contribution in [0, 0.1) is 5.41 Å². The van der Waals surface area contributed by atoms with Gasteiger partial charge in [0, 0.05) is 10.4 Å². The van der Waals surface area contributed by atoms with E-state index in [1.807, 2.05) is 6.07 Å². The Balaban J connectivity index is 2.16. The molecule has 0 fully saturated rings. The Labute approximate surface area is 176 Å². The maximum atomic E-state index is 11.7. The zero-order valence-corrected chi connectivity index (χ0v) is 17.7. The average molecular weight is 418 g/mol. The lowest BCUT2D eigenvalue weighted by atomic mass is 9.53. The number of amides is 1. The number of carbonyl (C=O) groups excluding carboxylic acids is 1. The number of phenols is 1. The molecule has 0 bridgehead atoms. The van der Waals surface area contributed by atoms with Gasteiger partial charge in [-0.3, -0.25) is 0 Å². The van der Waals surface area contributed by atoms with E-state index in [-0.39, 0.29) is 5.75 Å². The molecule has 0 aromatic heterocycles. The number of hydrogen-bond donors (Lipinski definition) is 3. The third kappa shape index (κ3) is 4.07. The summed E-state index contributed by atoms with van der Waals surface area (Å²) in [5.41, 5.74) is 6.92. The largest absolute Gasteiger partial charge is 0.508 e. The van der Waals surface area contributed by atoms with Crippen LogP contribution >= 0.6 is 11.6 Å². The van der Waals surface area contributed by atoms with Gasteiger partial charge in [0.15, 0.2) is 0 Å². The third-order valence-corrected chi connectivity index (χ3v) is 6.42. The fourth-order valence-corrected chi connectivity index (χ4v) is 4.87. The number of hydrogen-bond acceptors (Lipinski definition) is 4. The van der Waals surface area contributed by atoms with Gasteiger partial charge in [-0.05, 0) is 65.6 Å². The summed E-state index contributed by atoms with van der Waals surface area (Å²) in [4.78, 5) is 11.7. The smallest absolute Gasteiger partial charge is 0.404 e. The number of carbonyl (C=O) groups is 1. The van der Waals surface area contributed by atoms with Crippen molar-refractivity contribution in [1.29, 1.82) is 0 Å². The fourth-order valence-electron chi connectivity index (χ4n) is 4.75. The van der Waals surface area contributed by atoms with Gasteiger partial charge < -0.3 is 20.7 Å². The van der Waals surface area contributed by atoms with Gasteiger partial charge in [-0.15, -0.1) is 0 Å². The highest BCUT2D eigenvalue weighted by Crippen LogP contribution is 2.55. The van der Waals surface area contributed by atoms with Gasteiger partial charge in [-0.1, -0.05) is 50.6 Å². The molecule has 5 nitrogen and oxygen atoms in total. The molecule has 29 heavy (non-hydrogen) atoms. The molecule has 156 valence electrons. The number of benzene rings is 2. The number of aliphatic hydroxyl groups excluding tert-OH is 1. The normalized spacial score (nSPS) is 22.6. The third-order valence-electron chi connectivity index (χ3n) is 6.17. The van der Waals surface area contributed by atoms with E-state index >= 15 is 0 Å². The monoisotopic (exact) mass is 417 g/mol. The maximum Gasteiger partial charge on any atom is 0.404 e. The topological polar surface area (TPSA) is 92.8 Å². The molecule has 1 amide bonds. The van der Waals surface area contributed by atoms with Crippen LogP contribution in [0.4, 0.5) is 4.79 Å². The number of aliphatic hydroxyl groups is 1. The maximum absolute atomic E-state index is 11.7. The van der Waals surface area contributed by atoms with E-state index in [0.29, 0.717) is 24.3 Å². The van der Waals surface area contributed by atoms with E-state index in [2.05, 4.69) is 20.8 Å². The second kappa shape index (κ2) is 7.88. The molecule has 3 rings (SSSR count). The van der Waals surface area contributed by atoms with Gasteiger partial charge in [0.1, 0.15) is 11.9 Å². The SMILES string of the molecule is CC(C)(C)C1(C[C@@H](O)c2ccc(Cl)cc2)c2cc(O)ccc2CC[C@@H]1OC(N)=O. The van der Waals surface area contributed by atoms with Crippen LogP contribution in [0.5, 0.6) is 5.75 Å². The van der Waals surface area contributed by atoms with Crippen molar-refractivity contribution in [3.8, 4) is 5.75 Å². The van der Waals surface area contributed by atoms with Crippen molar-refractivity contribution < 1.29 is 19.7 Å². The summed E-state index contributed by atoms with van der Waals surface area (Å²) >= 11 is 5.99. The molecular weight excluding hydrogens is 390 g/mol. The van der Waals surface area contributed by atoms with Crippen LogP contribution in [0.2, 0.25) is 5.02 Å². The first-order chi connectivity index (χ1) is 13.5. The quantitative estimate of drug-likeness (QED) is 0.662. The average Bonchev–Trinajstić information content (AvgIpc) is 2.62. The lowest BCUT2D eigenvalue weighted by Gasteiger charge is -2.53. The Kier molecular flexibility index (Phi) is 5.84. The Morgan fingerprint density at radius 1 is 1.28 bits per heavy atom. The summed E-state index contributed by atoms with van der Waals surface area (Å²) in [5, 5.41) is 22.0. The molecule has 2 aromatic carbocycles. The number of primary amides is 1. The number of ether oxygens (including phenoxy) is 1. The van der Waals surface area contributed by atoms with Crippen LogP contribution in [-0.4, -0.2) is 22.4 Å². The Morgan fingerprint density at radius 2 is 1.93 bits per heavy atom. The number of halogens is 1. The second-order valence-electron chi connectivity index (χ2n) is 8.80. The van der Waals surface area contributed by atoms with Crippen molar-refractivity contribution in [1.82, 2.24) is 0 Å². The summed E-state index contributed by atoms with van der Waals surface area (Å²) in [6.07, 6.45) is -0.608. The minimum atomic E-state index is -0.840. The van der Waals surface area contributed by atoms with E-state index in [9.17, 15) is 15.0 Å². The predicted octanol–water partition coefficient (Wildman–Crippen LogP) is 4.86. The molecule has 4 N–H and O–H groups in total. The van der Waals surface area contributed by atoms with Crippen LogP contribution < -0.4 is 5.73 Å². The highest BCUT2D eigenvalue weighted by Gasteiger charge is 2.54. The van der Waals surface area contributed by atoms with Crippen molar-refractivity contribution in [2.75, 3.05) is 0 Å². The number of aryl methyl sites for hydroxylation is 1. The van der Waals surface area contributed by atoms with E-state index in [1.165, 1.54) is 0 Å². The molecule has 0 saturated carbocycles. The van der Waals surface area contributed by atoms with Crippen LogP contribution in [0.25, 0.3) is 0 Å². The molecule has 1 aliphatic carbocycles. The van der Waals surface area contributed by atoms with Gasteiger partial charge in [0.05, 0.1) is 6.10 Å². The molecule has 0 aliphatic heterocycles. The molecule has 0 saturated heterocycles. The first-order valence-electron chi connectivity index (χ1n) is 9.76. The Morgan fingerprint density at radius 3 is 2.52 bits per heavy atom. The first-order valence-corrected chi connectivity index (χ1v) is 10.1. The molecule has 6 heteroatoms. The van der Waals surface area contributed by atoms with E-state index in [1.54, 1.807) is 36.4 Å². The first kappa shape index (κ1) is 21.5. The van der Waals surface area contributed by atoms with Crippen molar-refractivity contribution >= 4 is 17.7 Å². The molecular formula is C23H28ClNO4. The van der Waals surface area contributed by atoms with Gasteiger partial charge in [-0.25, -0.2) is 4.79 Å². The van der Waals surface area contributed by atoms with Gasteiger partial charge >= 0.3 is 6.09 Å². The van der Waals surface area contributed by atoms with E-state index in [0.717, 1.165) is 16.7 Å². The Bertz CT molecular complexity index is 891. The fraction of sp³-hybridized carbons (Fsp3) is 0.435. The van der Waals surface area contributed by atoms with Crippen molar-refractivity contribution in [3.05, 3.63) is 64.2 Å². The summed E-state index contributed by atoms with van der Waals surface area (Å²) in [5.74, 6) is 0.137. The van der Waals surface area contributed by atoms with Gasteiger partial charge in [0.2, 0.25) is 0 Å². The van der Waals surface area contributed by atoms with Gasteiger partial charge in [0.25, 0.3) is 0 Å². The zero-order valence-electron chi connectivity index (χ0n) is 17.0.